The average molecular weight is 255 g/mol. The molecule has 1 atom stereocenters. The van der Waals surface area contributed by atoms with Crippen LogP contribution in [0.2, 0.25) is 0 Å². The molecule has 0 radical (unpaired) electrons. The van der Waals surface area contributed by atoms with Crippen LogP contribution in [-0.2, 0) is 9.59 Å². The van der Waals surface area contributed by atoms with E-state index in [-0.39, 0.29) is 23.8 Å². The molecule has 18 heavy (non-hydrogen) atoms. The Morgan fingerprint density at radius 3 is 2.28 bits per heavy atom. The summed E-state index contributed by atoms with van der Waals surface area (Å²) in [6.45, 7) is 8.82. The second kappa shape index (κ2) is 5.72. The van der Waals surface area contributed by atoms with Gasteiger partial charge in [-0.15, -0.1) is 0 Å². The summed E-state index contributed by atoms with van der Waals surface area (Å²) < 4.78 is 0. The van der Waals surface area contributed by atoms with Gasteiger partial charge in [-0.05, 0) is 30.1 Å². The third-order valence-electron chi connectivity index (χ3n) is 3.81. The maximum Gasteiger partial charge on any atom is 0.323 e. The Hall–Kier alpha value is -1.06. The van der Waals surface area contributed by atoms with E-state index in [2.05, 4.69) is 20.8 Å². The number of hydrogen-bond acceptors (Lipinski definition) is 2. The van der Waals surface area contributed by atoms with Gasteiger partial charge in [0, 0.05) is 13.0 Å². The highest BCUT2D eigenvalue weighted by Crippen LogP contribution is 2.31. The minimum absolute atomic E-state index is 0.0216. The number of carboxylic acid groups (broad SMARTS) is 1. The normalized spacial score (nSPS) is 17.3. The highest BCUT2D eigenvalue weighted by Gasteiger charge is 2.30. The van der Waals surface area contributed by atoms with Gasteiger partial charge in [-0.3, -0.25) is 9.59 Å². The lowest BCUT2D eigenvalue weighted by Gasteiger charge is -2.29. The van der Waals surface area contributed by atoms with E-state index in [0.29, 0.717) is 18.9 Å². The molecular formula is C14H25NO3. The van der Waals surface area contributed by atoms with E-state index in [0.717, 1.165) is 12.8 Å². The van der Waals surface area contributed by atoms with E-state index >= 15 is 0 Å². The number of amides is 1. The Balaban J connectivity index is 2.54. The van der Waals surface area contributed by atoms with E-state index in [4.69, 9.17) is 5.11 Å². The van der Waals surface area contributed by atoms with Gasteiger partial charge in [0.15, 0.2) is 0 Å². The van der Waals surface area contributed by atoms with Gasteiger partial charge in [0.05, 0.1) is 0 Å². The standard InChI is InChI=1S/C14H25NO3/c1-10(14(2,3)4)7-12(16)15(9-13(17)18)8-11-5-6-11/h10-11H,5-9H2,1-4H3,(H,17,18). The predicted octanol–water partition coefficient (Wildman–Crippen LogP) is 2.38. The summed E-state index contributed by atoms with van der Waals surface area (Å²) in [5, 5.41) is 8.87. The Bertz CT molecular complexity index is 315. The molecule has 1 saturated carbocycles. The van der Waals surface area contributed by atoms with Crippen LogP contribution in [0.15, 0.2) is 0 Å². The molecule has 1 unspecified atom stereocenters. The van der Waals surface area contributed by atoms with E-state index in [9.17, 15) is 9.59 Å². The first-order valence-electron chi connectivity index (χ1n) is 6.69. The lowest BCUT2D eigenvalue weighted by molar-refractivity contribution is -0.145. The van der Waals surface area contributed by atoms with E-state index in [1.165, 1.54) is 4.90 Å². The fourth-order valence-electron chi connectivity index (χ4n) is 1.73. The lowest BCUT2D eigenvalue weighted by Crippen LogP contribution is -2.39. The minimum Gasteiger partial charge on any atom is -0.480 e. The molecule has 0 saturated heterocycles. The second-order valence-corrected chi connectivity index (χ2v) is 6.58. The van der Waals surface area contributed by atoms with Crippen LogP contribution in [0.3, 0.4) is 0 Å². The van der Waals surface area contributed by atoms with Crippen molar-refractivity contribution in [2.75, 3.05) is 13.1 Å². The molecule has 0 heterocycles. The van der Waals surface area contributed by atoms with Crippen molar-refractivity contribution >= 4 is 11.9 Å². The summed E-state index contributed by atoms with van der Waals surface area (Å²) in [7, 11) is 0. The van der Waals surface area contributed by atoms with Gasteiger partial charge < -0.3 is 10.0 Å². The van der Waals surface area contributed by atoms with Crippen LogP contribution >= 0.6 is 0 Å². The third-order valence-corrected chi connectivity index (χ3v) is 3.81. The molecule has 104 valence electrons. The number of carbonyl (C=O) groups is 2. The first-order chi connectivity index (χ1) is 8.20. The molecule has 0 bridgehead atoms. The van der Waals surface area contributed by atoms with E-state index < -0.39 is 5.97 Å². The van der Waals surface area contributed by atoms with Crippen molar-refractivity contribution < 1.29 is 14.7 Å². The predicted molar refractivity (Wildman–Crippen MR) is 70.2 cm³/mol. The maximum atomic E-state index is 12.2. The van der Waals surface area contributed by atoms with Crippen LogP contribution in [0, 0.1) is 17.3 Å². The fourth-order valence-corrected chi connectivity index (χ4v) is 1.73. The highest BCUT2D eigenvalue weighted by molar-refractivity contribution is 5.81. The Kier molecular flexibility index (Phi) is 4.77. The van der Waals surface area contributed by atoms with Gasteiger partial charge in [-0.1, -0.05) is 27.7 Å². The van der Waals surface area contributed by atoms with Crippen LogP contribution in [0.4, 0.5) is 0 Å². The summed E-state index contributed by atoms with van der Waals surface area (Å²) in [5.41, 5.74) is 0.0735. The van der Waals surface area contributed by atoms with E-state index in [1.807, 2.05) is 6.92 Å². The van der Waals surface area contributed by atoms with Gasteiger partial charge in [-0.25, -0.2) is 0 Å². The molecule has 1 rings (SSSR count). The van der Waals surface area contributed by atoms with Crippen molar-refractivity contribution in [3.63, 3.8) is 0 Å². The van der Waals surface area contributed by atoms with Crippen molar-refractivity contribution in [1.29, 1.82) is 0 Å². The molecule has 0 aromatic rings. The Morgan fingerprint density at radius 2 is 1.89 bits per heavy atom. The highest BCUT2D eigenvalue weighted by atomic mass is 16.4. The van der Waals surface area contributed by atoms with Crippen LogP contribution in [-0.4, -0.2) is 35.0 Å². The molecule has 0 aromatic heterocycles. The fraction of sp³-hybridized carbons (Fsp3) is 0.857. The summed E-state index contributed by atoms with van der Waals surface area (Å²) in [6, 6.07) is 0. The van der Waals surface area contributed by atoms with Gasteiger partial charge in [0.2, 0.25) is 5.91 Å². The molecule has 1 amide bonds. The third kappa shape index (κ3) is 5.07. The number of hydrogen-bond donors (Lipinski definition) is 1. The molecule has 1 aliphatic carbocycles. The largest absolute Gasteiger partial charge is 0.480 e. The van der Waals surface area contributed by atoms with Crippen LogP contribution in [0.25, 0.3) is 0 Å². The topological polar surface area (TPSA) is 57.6 Å². The number of carbonyl (C=O) groups excluding carboxylic acids is 1. The second-order valence-electron chi connectivity index (χ2n) is 6.58. The molecule has 0 aliphatic heterocycles. The average Bonchev–Trinajstić information content (AvgIpc) is 2.98. The van der Waals surface area contributed by atoms with Crippen molar-refractivity contribution in [3.05, 3.63) is 0 Å². The first-order valence-corrected chi connectivity index (χ1v) is 6.69. The Morgan fingerprint density at radius 1 is 1.33 bits per heavy atom. The molecular weight excluding hydrogens is 230 g/mol. The van der Waals surface area contributed by atoms with Crippen LogP contribution in [0.1, 0.15) is 47.0 Å². The van der Waals surface area contributed by atoms with Crippen molar-refractivity contribution in [2.45, 2.75) is 47.0 Å². The monoisotopic (exact) mass is 255 g/mol. The summed E-state index contributed by atoms with van der Waals surface area (Å²) in [5.74, 6) is -0.169. The number of nitrogens with zero attached hydrogens (tertiary/aromatic N) is 1. The summed E-state index contributed by atoms with van der Waals surface area (Å²) >= 11 is 0. The van der Waals surface area contributed by atoms with Crippen molar-refractivity contribution in [3.8, 4) is 0 Å². The van der Waals surface area contributed by atoms with Crippen LogP contribution < -0.4 is 0 Å². The quantitative estimate of drug-likeness (QED) is 0.792. The Labute approximate surface area is 109 Å². The zero-order valence-electron chi connectivity index (χ0n) is 11.9. The molecule has 1 fully saturated rings. The molecule has 0 spiro atoms. The summed E-state index contributed by atoms with van der Waals surface area (Å²) in [4.78, 5) is 24.5. The lowest BCUT2D eigenvalue weighted by atomic mass is 9.80. The molecule has 1 N–H and O–H groups in total. The number of rotatable bonds is 6. The van der Waals surface area contributed by atoms with Crippen LogP contribution in [0.5, 0.6) is 0 Å². The van der Waals surface area contributed by atoms with E-state index in [1.54, 1.807) is 0 Å². The number of aliphatic carboxylic acids is 1. The van der Waals surface area contributed by atoms with Crippen molar-refractivity contribution in [2.24, 2.45) is 17.3 Å². The maximum absolute atomic E-state index is 12.2. The number of carboxylic acids is 1. The SMILES string of the molecule is CC(CC(=O)N(CC(=O)O)CC1CC1)C(C)(C)C. The van der Waals surface area contributed by atoms with Gasteiger partial charge >= 0.3 is 5.97 Å². The smallest absolute Gasteiger partial charge is 0.323 e. The zero-order valence-corrected chi connectivity index (χ0v) is 11.9. The minimum atomic E-state index is -0.924. The summed E-state index contributed by atoms with van der Waals surface area (Å²) in [6.07, 6.45) is 2.68. The van der Waals surface area contributed by atoms with Gasteiger partial charge in [0.25, 0.3) is 0 Å². The first kappa shape index (κ1) is 15.0. The van der Waals surface area contributed by atoms with Gasteiger partial charge in [-0.2, -0.15) is 0 Å². The zero-order chi connectivity index (χ0) is 13.9. The van der Waals surface area contributed by atoms with Crippen molar-refractivity contribution in [1.82, 2.24) is 4.90 Å². The molecule has 1 aliphatic rings. The molecule has 4 nitrogen and oxygen atoms in total. The molecule has 0 aromatic carbocycles. The molecule has 4 heteroatoms. The van der Waals surface area contributed by atoms with Gasteiger partial charge in [0.1, 0.15) is 6.54 Å².